The summed E-state index contributed by atoms with van der Waals surface area (Å²) in [5.41, 5.74) is 3.42. The molecule has 1 aromatic heterocycles. The van der Waals surface area contributed by atoms with Gasteiger partial charge in [0.05, 0.1) is 25.7 Å². The lowest BCUT2D eigenvalue weighted by Crippen LogP contribution is -2.06. The van der Waals surface area contributed by atoms with Crippen LogP contribution in [0.1, 0.15) is 15.9 Å². The first-order valence-corrected chi connectivity index (χ1v) is 11.5. The van der Waals surface area contributed by atoms with Gasteiger partial charge in [-0.2, -0.15) is 0 Å². The van der Waals surface area contributed by atoms with Gasteiger partial charge in [0, 0.05) is 16.1 Å². The Balaban J connectivity index is 1.73. The normalized spacial score (nSPS) is 10.8. The molecule has 0 atom stereocenters. The maximum atomic E-state index is 12.7. The zero-order chi connectivity index (χ0) is 23.4. The summed E-state index contributed by atoms with van der Waals surface area (Å²) in [6, 6.07) is 20.5. The number of carbonyl (C=O) groups is 1. The molecular formula is C25H22ClN3O3S. The number of methoxy groups -OCH3 is 2. The first kappa shape index (κ1) is 22.9. The Morgan fingerprint density at radius 2 is 1.70 bits per heavy atom. The van der Waals surface area contributed by atoms with Crippen molar-refractivity contribution in [1.82, 2.24) is 14.8 Å². The molecule has 6 nitrogen and oxygen atoms in total. The van der Waals surface area contributed by atoms with E-state index in [1.165, 1.54) is 11.8 Å². The number of para-hydroxylation sites is 1. The van der Waals surface area contributed by atoms with Crippen molar-refractivity contribution in [2.24, 2.45) is 0 Å². The van der Waals surface area contributed by atoms with Crippen LogP contribution in [0.15, 0.2) is 71.9 Å². The number of aryl methyl sites for hydroxylation is 1. The molecule has 0 unspecified atom stereocenters. The van der Waals surface area contributed by atoms with E-state index in [0.717, 1.165) is 16.8 Å². The van der Waals surface area contributed by atoms with E-state index < -0.39 is 0 Å². The van der Waals surface area contributed by atoms with E-state index in [1.54, 1.807) is 38.5 Å². The molecule has 0 fully saturated rings. The monoisotopic (exact) mass is 479 g/mol. The minimum Gasteiger partial charge on any atom is -0.493 e. The van der Waals surface area contributed by atoms with Gasteiger partial charge in [-0.05, 0) is 61.0 Å². The number of nitrogens with zero attached hydrogens (tertiary/aromatic N) is 3. The summed E-state index contributed by atoms with van der Waals surface area (Å²) in [6.45, 7) is 2.03. The van der Waals surface area contributed by atoms with Crippen LogP contribution in [-0.2, 0) is 0 Å². The summed E-state index contributed by atoms with van der Waals surface area (Å²) in [7, 11) is 3.19. The van der Waals surface area contributed by atoms with E-state index in [1.807, 2.05) is 54.0 Å². The first-order chi connectivity index (χ1) is 16.0. The summed E-state index contributed by atoms with van der Waals surface area (Å²) in [5, 5.41) is 10.1. The highest BCUT2D eigenvalue weighted by Crippen LogP contribution is 2.35. The largest absolute Gasteiger partial charge is 0.493 e. The predicted octanol–water partition coefficient (Wildman–Crippen LogP) is 5.89. The third-order valence-corrected chi connectivity index (χ3v) is 6.31. The standard InChI is InChI=1S/C25H22ClN3O3S/c1-16-6-4-5-7-20(16)29-24(18-10-13-22(31-2)23(14-18)32-3)27-28-25(29)33-15-21(30)17-8-11-19(26)12-9-17/h4-14H,15H2,1-3H3. The Morgan fingerprint density at radius 3 is 2.39 bits per heavy atom. The van der Waals surface area contributed by atoms with Crippen LogP contribution < -0.4 is 9.47 Å². The van der Waals surface area contributed by atoms with Gasteiger partial charge in [0.1, 0.15) is 0 Å². The molecule has 0 bridgehead atoms. The fraction of sp³-hybridized carbons (Fsp3) is 0.160. The number of hydrogen-bond acceptors (Lipinski definition) is 6. The number of ether oxygens (including phenoxy) is 2. The van der Waals surface area contributed by atoms with Gasteiger partial charge < -0.3 is 9.47 Å². The molecular weight excluding hydrogens is 458 g/mol. The minimum absolute atomic E-state index is 0.0105. The van der Waals surface area contributed by atoms with Crippen LogP contribution >= 0.6 is 23.4 Å². The number of rotatable bonds is 8. The maximum Gasteiger partial charge on any atom is 0.196 e. The van der Waals surface area contributed by atoms with Crippen LogP contribution in [0.4, 0.5) is 0 Å². The first-order valence-electron chi connectivity index (χ1n) is 10.2. The van der Waals surface area contributed by atoms with E-state index in [2.05, 4.69) is 10.2 Å². The van der Waals surface area contributed by atoms with Gasteiger partial charge in [-0.15, -0.1) is 10.2 Å². The van der Waals surface area contributed by atoms with Gasteiger partial charge in [0.2, 0.25) is 0 Å². The van der Waals surface area contributed by atoms with Crippen LogP contribution in [0.25, 0.3) is 17.1 Å². The van der Waals surface area contributed by atoms with Crippen molar-refractivity contribution in [1.29, 1.82) is 0 Å². The van der Waals surface area contributed by atoms with E-state index in [4.69, 9.17) is 21.1 Å². The van der Waals surface area contributed by atoms with Crippen molar-refractivity contribution in [3.63, 3.8) is 0 Å². The number of benzene rings is 3. The molecule has 0 aliphatic rings. The van der Waals surface area contributed by atoms with Gasteiger partial charge in [0.15, 0.2) is 28.3 Å². The summed E-state index contributed by atoms with van der Waals surface area (Å²) < 4.78 is 12.8. The topological polar surface area (TPSA) is 66.2 Å². The molecule has 0 saturated carbocycles. The zero-order valence-corrected chi connectivity index (χ0v) is 20.0. The average molecular weight is 480 g/mol. The molecule has 4 aromatic rings. The van der Waals surface area contributed by atoms with Crippen molar-refractivity contribution < 1.29 is 14.3 Å². The quantitative estimate of drug-likeness (QED) is 0.232. The fourth-order valence-electron chi connectivity index (χ4n) is 3.41. The Kier molecular flexibility index (Phi) is 7.01. The summed E-state index contributed by atoms with van der Waals surface area (Å²) in [5.74, 6) is 2.08. The maximum absolute atomic E-state index is 12.7. The number of halogens is 1. The summed E-state index contributed by atoms with van der Waals surface area (Å²) in [6.07, 6.45) is 0. The van der Waals surface area contributed by atoms with E-state index >= 15 is 0 Å². The number of thioether (sulfide) groups is 1. The molecule has 0 aliphatic carbocycles. The highest BCUT2D eigenvalue weighted by atomic mass is 35.5. The van der Waals surface area contributed by atoms with Crippen LogP contribution in [0.3, 0.4) is 0 Å². The summed E-state index contributed by atoms with van der Waals surface area (Å²) in [4.78, 5) is 12.7. The second-order valence-electron chi connectivity index (χ2n) is 7.22. The third-order valence-electron chi connectivity index (χ3n) is 5.13. The average Bonchev–Trinajstić information content (AvgIpc) is 3.26. The number of aromatic nitrogens is 3. The zero-order valence-electron chi connectivity index (χ0n) is 18.4. The van der Waals surface area contributed by atoms with E-state index in [9.17, 15) is 4.79 Å². The lowest BCUT2D eigenvalue weighted by atomic mass is 10.1. The smallest absolute Gasteiger partial charge is 0.196 e. The molecule has 3 aromatic carbocycles. The number of carbonyl (C=O) groups excluding carboxylic acids is 1. The molecule has 4 rings (SSSR count). The van der Waals surface area contributed by atoms with Crippen molar-refractivity contribution in [2.45, 2.75) is 12.1 Å². The number of ketones is 1. The van der Waals surface area contributed by atoms with Gasteiger partial charge in [-0.3, -0.25) is 9.36 Å². The van der Waals surface area contributed by atoms with Crippen molar-refractivity contribution in [2.75, 3.05) is 20.0 Å². The number of hydrogen-bond donors (Lipinski definition) is 0. The van der Waals surface area contributed by atoms with Crippen LogP contribution in [0.5, 0.6) is 11.5 Å². The fourth-order valence-corrected chi connectivity index (χ4v) is 4.37. The molecule has 33 heavy (non-hydrogen) atoms. The van der Waals surface area contributed by atoms with Crippen LogP contribution in [0, 0.1) is 6.92 Å². The van der Waals surface area contributed by atoms with Crippen molar-refractivity contribution >= 4 is 29.1 Å². The number of Topliss-reactive ketones (excluding diaryl/α,β-unsaturated/α-hetero) is 1. The van der Waals surface area contributed by atoms with Crippen molar-refractivity contribution in [3.05, 3.63) is 82.9 Å². The Morgan fingerprint density at radius 1 is 0.970 bits per heavy atom. The highest BCUT2D eigenvalue weighted by Gasteiger charge is 2.20. The van der Waals surface area contributed by atoms with Gasteiger partial charge in [0.25, 0.3) is 0 Å². The van der Waals surface area contributed by atoms with Gasteiger partial charge in [-0.1, -0.05) is 41.6 Å². The summed E-state index contributed by atoms with van der Waals surface area (Å²) >= 11 is 7.28. The van der Waals surface area contributed by atoms with Crippen molar-refractivity contribution in [3.8, 4) is 28.6 Å². The molecule has 1 heterocycles. The SMILES string of the molecule is COc1ccc(-c2nnc(SCC(=O)c3ccc(Cl)cc3)n2-c2ccccc2C)cc1OC. The molecule has 0 amide bonds. The van der Waals surface area contributed by atoms with E-state index in [0.29, 0.717) is 33.1 Å². The molecule has 0 N–H and O–H groups in total. The minimum atomic E-state index is -0.0105. The highest BCUT2D eigenvalue weighted by molar-refractivity contribution is 7.99. The molecule has 0 saturated heterocycles. The van der Waals surface area contributed by atoms with Crippen LogP contribution in [0.2, 0.25) is 5.02 Å². The lowest BCUT2D eigenvalue weighted by Gasteiger charge is -2.14. The van der Waals surface area contributed by atoms with Crippen LogP contribution in [-0.4, -0.2) is 40.5 Å². The molecule has 8 heteroatoms. The lowest BCUT2D eigenvalue weighted by molar-refractivity contribution is 0.102. The Hall–Kier alpha value is -3.29. The second-order valence-corrected chi connectivity index (χ2v) is 8.60. The predicted molar refractivity (Wildman–Crippen MR) is 131 cm³/mol. The third kappa shape index (κ3) is 4.89. The van der Waals surface area contributed by atoms with Gasteiger partial charge in [-0.25, -0.2) is 0 Å². The Labute approximate surface area is 201 Å². The second kappa shape index (κ2) is 10.1. The van der Waals surface area contributed by atoms with Gasteiger partial charge >= 0.3 is 0 Å². The van der Waals surface area contributed by atoms with E-state index in [-0.39, 0.29) is 11.5 Å². The molecule has 168 valence electrons. The Bertz CT molecular complexity index is 1290. The molecule has 0 radical (unpaired) electrons. The molecule has 0 aliphatic heterocycles. The molecule has 0 spiro atoms.